The van der Waals surface area contributed by atoms with Crippen LogP contribution in [0.4, 0.5) is 0 Å². The van der Waals surface area contributed by atoms with Gasteiger partial charge in [0.05, 0.1) is 12.5 Å². The molecule has 0 radical (unpaired) electrons. The first-order chi connectivity index (χ1) is 10.6. The van der Waals surface area contributed by atoms with E-state index in [0.717, 1.165) is 6.42 Å². The number of methoxy groups -OCH3 is 1. The van der Waals surface area contributed by atoms with Crippen LogP contribution in [0.2, 0.25) is 0 Å². The molecule has 0 spiro atoms. The Kier molecular flexibility index (Phi) is 5.77. The number of ether oxygens (including phenoxy) is 2. The summed E-state index contributed by atoms with van der Waals surface area (Å²) in [6, 6.07) is 6.93. The Bertz CT molecular complexity index is 514. The molecule has 1 aromatic rings. The highest BCUT2D eigenvalue weighted by Gasteiger charge is 2.31. The van der Waals surface area contributed by atoms with E-state index in [9.17, 15) is 9.59 Å². The van der Waals surface area contributed by atoms with Crippen molar-refractivity contribution < 1.29 is 24.2 Å². The van der Waals surface area contributed by atoms with Crippen molar-refractivity contribution in [1.29, 1.82) is 0 Å². The van der Waals surface area contributed by atoms with E-state index in [-0.39, 0.29) is 12.5 Å². The molecule has 2 rings (SSSR count). The van der Waals surface area contributed by atoms with Crippen LogP contribution in [0.15, 0.2) is 24.3 Å². The van der Waals surface area contributed by atoms with Crippen LogP contribution in [0, 0.1) is 5.92 Å². The minimum Gasteiger partial charge on any atom is -0.494 e. The number of likely N-dealkylation sites (tertiary alicyclic amines) is 1. The number of hydrogen-bond acceptors (Lipinski definition) is 4. The molecular weight excluding hydrogens is 286 g/mol. The van der Waals surface area contributed by atoms with Crippen molar-refractivity contribution in [2.24, 2.45) is 5.92 Å². The Morgan fingerprint density at radius 1 is 1.27 bits per heavy atom. The molecule has 1 aliphatic rings. The van der Waals surface area contributed by atoms with E-state index in [4.69, 9.17) is 14.6 Å². The average molecular weight is 307 g/mol. The lowest BCUT2D eigenvalue weighted by molar-refractivity contribution is -0.141. The monoisotopic (exact) mass is 307 g/mol. The van der Waals surface area contributed by atoms with Gasteiger partial charge in [0.25, 0.3) is 5.91 Å². The first-order valence-corrected chi connectivity index (χ1v) is 7.35. The van der Waals surface area contributed by atoms with Gasteiger partial charge in [-0.2, -0.15) is 0 Å². The fourth-order valence-electron chi connectivity index (χ4n) is 2.42. The Hall–Kier alpha value is -2.08. The van der Waals surface area contributed by atoms with Crippen LogP contribution < -0.4 is 4.74 Å². The fourth-order valence-corrected chi connectivity index (χ4v) is 2.42. The molecule has 1 saturated heterocycles. The van der Waals surface area contributed by atoms with Gasteiger partial charge < -0.3 is 19.5 Å². The second kappa shape index (κ2) is 7.79. The third-order valence-corrected chi connectivity index (χ3v) is 3.69. The summed E-state index contributed by atoms with van der Waals surface area (Å²) < 4.78 is 10.5. The number of rotatable bonds is 7. The summed E-state index contributed by atoms with van der Waals surface area (Å²) in [5, 5.41) is 8.98. The summed E-state index contributed by atoms with van der Waals surface area (Å²) in [4.78, 5) is 24.8. The fraction of sp³-hybridized carbons (Fsp3) is 0.500. The largest absolute Gasteiger partial charge is 0.494 e. The lowest BCUT2D eigenvalue weighted by Gasteiger charge is -2.16. The number of amides is 1. The van der Waals surface area contributed by atoms with E-state index in [1.165, 1.54) is 0 Å². The first-order valence-electron chi connectivity index (χ1n) is 7.35. The summed E-state index contributed by atoms with van der Waals surface area (Å²) >= 11 is 0. The van der Waals surface area contributed by atoms with Crippen LogP contribution in [0.5, 0.6) is 5.75 Å². The zero-order valence-corrected chi connectivity index (χ0v) is 12.7. The normalized spacial score (nSPS) is 17.5. The first kappa shape index (κ1) is 16.3. The Morgan fingerprint density at radius 2 is 2.00 bits per heavy atom. The highest BCUT2D eigenvalue weighted by molar-refractivity contribution is 5.94. The zero-order chi connectivity index (χ0) is 15.9. The number of hydrogen-bond donors (Lipinski definition) is 1. The van der Waals surface area contributed by atoms with Gasteiger partial charge in [0.1, 0.15) is 5.75 Å². The van der Waals surface area contributed by atoms with Gasteiger partial charge in [-0.1, -0.05) is 0 Å². The van der Waals surface area contributed by atoms with Crippen molar-refractivity contribution in [2.75, 3.05) is 33.4 Å². The van der Waals surface area contributed by atoms with Gasteiger partial charge in [0, 0.05) is 38.8 Å². The Balaban J connectivity index is 1.87. The molecule has 0 aliphatic carbocycles. The molecule has 0 saturated carbocycles. The summed E-state index contributed by atoms with van der Waals surface area (Å²) in [5.41, 5.74) is 0.551. The molecule has 1 fully saturated rings. The smallest absolute Gasteiger partial charge is 0.308 e. The summed E-state index contributed by atoms with van der Waals surface area (Å²) in [6.45, 7) is 1.98. The molecule has 1 unspecified atom stereocenters. The van der Waals surface area contributed by atoms with E-state index in [1.807, 2.05) is 0 Å². The zero-order valence-electron chi connectivity index (χ0n) is 12.7. The van der Waals surface area contributed by atoms with Crippen LogP contribution in [0.1, 0.15) is 23.2 Å². The van der Waals surface area contributed by atoms with Crippen LogP contribution in [0.3, 0.4) is 0 Å². The summed E-state index contributed by atoms with van der Waals surface area (Å²) in [7, 11) is 1.65. The molecule has 0 bridgehead atoms. The molecule has 6 nitrogen and oxygen atoms in total. The summed E-state index contributed by atoms with van der Waals surface area (Å²) in [5.74, 6) is -0.713. The topological polar surface area (TPSA) is 76.1 Å². The maximum atomic E-state index is 12.3. The van der Waals surface area contributed by atoms with Crippen LogP contribution in [-0.2, 0) is 9.53 Å². The quantitative estimate of drug-likeness (QED) is 0.775. The van der Waals surface area contributed by atoms with Crippen molar-refractivity contribution in [2.45, 2.75) is 12.8 Å². The van der Waals surface area contributed by atoms with Crippen LogP contribution in [-0.4, -0.2) is 55.3 Å². The van der Waals surface area contributed by atoms with Crippen molar-refractivity contribution in [1.82, 2.24) is 4.90 Å². The molecule has 0 aromatic heterocycles. The third-order valence-electron chi connectivity index (χ3n) is 3.69. The highest BCUT2D eigenvalue weighted by Crippen LogP contribution is 2.20. The van der Waals surface area contributed by atoms with Gasteiger partial charge in [-0.25, -0.2) is 0 Å². The number of benzene rings is 1. The molecule has 1 aromatic carbocycles. The lowest BCUT2D eigenvalue weighted by atomic mass is 10.1. The van der Waals surface area contributed by atoms with Crippen molar-refractivity contribution in [3.8, 4) is 5.75 Å². The maximum absolute atomic E-state index is 12.3. The number of carbonyl (C=O) groups is 2. The minimum absolute atomic E-state index is 0.130. The van der Waals surface area contributed by atoms with Crippen molar-refractivity contribution >= 4 is 11.9 Å². The number of carboxylic acid groups (broad SMARTS) is 1. The van der Waals surface area contributed by atoms with Gasteiger partial charge in [-0.3, -0.25) is 9.59 Å². The highest BCUT2D eigenvalue weighted by atomic mass is 16.5. The van der Waals surface area contributed by atoms with E-state index in [1.54, 1.807) is 36.3 Å². The van der Waals surface area contributed by atoms with Crippen LogP contribution in [0.25, 0.3) is 0 Å². The number of aliphatic carboxylic acids is 1. The molecule has 1 N–H and O–H groups in total. The molecule has 1 amide bonds. The summed E-state index contributed by atoms with van der Waals surface area (Å²) in [6.07, 6.45) is 1.32. The molecule has 1 heterocycles. The Labute approximate surface area is 129 Å². The van der Waals surface area contributed by atoms with E-state index in [0.29, 0.717) is 37.5 Å². The van der Waals surface area contributed by atoms with Crippen molar-refractivity contribution in [3.05, 3.63) is 29.8 Å². The molecule has 120 valence electrons. The number of carbonyl (C=O) groups excluding carboxylic acids is 1. The van der Waals surface area contributed by atoms with Crippen molar-refractivity contribution in [3.63, 3.8) is 0 Å². The lowest BCUT2D eigenvalue weighted by Crippen LogP contribution is -2.29. The van der Waals surface area contributed by atoms with Crippen LogP contribution >= 0.6 is 0 Å². The van der Waals surface area contributed by atoms with Gasteiger partial charge in [-0.15, -0.1) is 0 Å². The number of nitrogens with zero attached hydrogens (tertiary/aromatic N) is 1. The second-order valence-electron chi connectivity index (χ2n) is 5.29. The molecule has 6 heteroatoms. The minimum atomic E-state index is -0.838. The van der Waals surface area contributed by atoms with Gasteiger partial charge in [-0.05, 0) is 30.7 Å². The molecular formula is C16H21NO5. The average Bonchev–Trinajstić information content (AvgIpc) is 3.02. The molecule has 22 heavy (non-hydrogen) atoms. The van der Waals surface area contributed by atoms with E-state index >= 15 is 0 Å². The molecule has 1 atom stereocenters. The molecule has 1 aliphatic heterocycles. The maximum Gasteiger partial charge on any atom is 0.308 e. The van der Waals surface area contributed by atoms with Gasteiger partial charge in [0.2, 0.25) is 0 Å². The third kappa shape index (κ3) is 4.21. The second-order valence-corrected chi connectivity index (χ2v) is 5.29. The number of carboxylic acids is 1. The van der Waals surface area contributed by atoms with Gasteiger partial charge >= 0.3 is 5.97 Å². The Morgan fingerprint density at radius 3 is 2.59 bits per heavy atom. The predicted molar refractivity (Wildman–Crippen MR) is 80.1 cm³/mol. The standard InChI is InChI=1S/C16H21NO5/c1-21-9-2-10-22-14-5-3-12(4-6-14)15(18)17-8-7-13(11-17)16(19)20/h3-6,13H,2,7-11H2,1H3,(H,19,20). The SMILES string of the molecule is COCCCOc1ccc(C(=O)N2CCC(C(=O)O)C2)cc1. The van der Waals surface area contributed by atoms with E-state index in [2.05, 4.69) is 0 Å². The van der Waals surface area contributed by atoms with Gasteiger partial charge in [0.15, 0.2) is 0 Å². The predicted octanol–water partition coefficient (Wildman–Crippen LogP) is 1.65. The van der Waals surface area contributed by atoms with E-state index < -0.39 is 11.9 Å².